The van der Waals surface area contributed by atoms with Crippen LogP contribution >= 0.6 is 7.92 Å². The van der Waals surface area contributed by atoms with Crippen molar-refractivity contribution in [2.45, 2.75) is 140 Å². The van der Waals surface area contributed by atoms with Crippen molar-refractivity contribution in [3.05, 3.63) is 35.9 Å². The van der Waals surface area contributed by atoms with E-state index in [2.05, 4.69) is 56.0 Å². The lowest BCUT2D eigenvalue weighted by atomic mass is 9.98. The van der Waals surface area contributed by atoms with Gasteiger partial charge in [0.1, 0.15) is 0 Å². The summed E-state index contributed by atoms with van der Waals surface area (Å²) in [5.41, 5.74) is 3.83. The minimum absolute atomic E-state index is 0.0546. The predicted molar refractivity (Wildman–Crippen MR) is 138 cm³/mol. The summed E-state index contributed by atoms with van der Waals surface area (Å²) >= 11 is 0. The average molecular weight is 442 g/mol. The van der Waals surface area contributed by atoms with Crippen molar-refractivity contribution in [1.29, 1.82) is 0 Å². The van der Waals surface area contributed by atoms with Gasteiger partial charge in [-0.3, -0.25) is 4.90 Å². The maximum absolute atomic E-state index is 3.03. The normalized spacial score (nSPS) is 23.6. The van der Waals surface area contributed by atoms with Crippen LogP contribution in [0.4, 0.5) is 0 Å². The van der Waals surface area contributed by atoms with Gasteiger partial charge in [0.05, 0.1) is 0 Å². The first-order valence-electron chi connectivity index (χ1n) is 13.6. The van der Waals surface area contributed by atoms with Gasteiger partial charge in [-0.25, -0.2) is 0 Å². The molecule has 1 aromatic carbocycles. The van der Waals surface area contributed by atoms with Crippen LogP contribution in [-0.2, 0) is 6.54 Å². The van der Waals surface area contributed by atoms with Gasteiger partial charge >= 0.3 is 0 Å². The molecule has 1 nitrogen and oxygen atoms in total. The highest BCUT2D eigenvalue weighted by molar-refractivity contribution is 7.59. The number of rotatable bonds is 7. The van der Waals surface area contributed by atoms with Crippen LogP contribution < -0.4 is 0 Å². The van der Waals surface area contributed by atoms with Crippen LogP contribution in [0.2, 0.25) is 0 Å². The molecule has 0 aromatic heterocycles. The van der Waals surface area contributed by atoms with Gasteiger partial charge in [-0.1, -0.05) is 89.6 Å². The smallest absolute Gasteiger partial charge is 0.0338 e. The van der Waals surface area contributed by atoms with Crippen molar-refractivity contribution in [3.8, 4) is 0 Å². The number of hydrogen-bond acceptors (Lipinski definition) is 1. The molecule has 3 fully saturated rings. The van der Waals surface area contributed by atoms with Gasteiger partial charge in [-0.05, 0) is 82.1 Å². The van der Waals surface area contributed by atoms with Crippen LogP contribution in [0.15, 0.2) is 30.3 Å². The molecule has 3 aliphatic carbocycles. The van der Waals surface area contributed by atoms with Crippen LogP contribution in [0, 0.1) is 5.92 Å². The molecule has 0 spiro atoms. The Morgan fingerprint density at radius 2 is 1.23 bits per heavy atom. The maximum Gasteiger partial charge on any atom is 0.0338 e. The van der Waals surface area contributed by atoms with Crippen LogP contribution in [-0.4, -0.2) is 27.5 Å². The summed E-state index contributed by atoms with van der Waals surface area (Å²) in [6, 6.07) is 11.4. The largest absolute Gasteiger partial charge is 0.287 e. The minimum atomic E-state index is 0.0546. The summed E-state index contributed by atoms with van der Waals surface area (Å²) < 4.78 is 0. The first-order valence-corrected chi connectivity index (χ1v) is 15.2. The third kappa shape index (κ3) is 6.14. The fourth-order valence-electron chi connectivity index (χ4n) is 6.91. The lowest BCUT2D eigenvalue weighted by molar-refractivity contribution is 0.0821. The van der Waals surface area contributed by atoms with Crippen molar-refractivity contribution in [1.82, 2.24) is 4.90 Å². The molecule has 4 rings (SSSR count). The molecule has 1 atom stereocenters. The zero-order chi connectivity index (χ0) is 21.7. The zero-order valence-electron chi connectivity index (χ0n) is 20.7. The molecule has 1 aromatic rings. The molecule has 3 aliphatic rings. The van der Waals surface area contributed by atoms with E-state index in [1.54, 1.807) is 0 Å². The quantitative estimate of drug-likeness (QED) is 0.382. The summed E-state index contributed by atoms with van der Waals surface area (Å²) in [5, 5.41) is 0. The van der Waals surface area contributed by atoms with Gasteiger partial charge in [0.15, 0.2) is 0 Å². The highest BCUT2D eigenvalue weighted by Gasteiger charge is 2.45. The fraction of sp³-hybridized carbons (Fsp3) is 0.793. The molecule has 0 N–H and O–H groups in total. The summed E-state index contributed by atoms with van der Waals surface area (Å²) in [7, 11) is 0.0546. The molecule has 2 heteroatoms. The summed E-state index contributed by atoms with van der Waals surface area (Å²) in [5.74, 6) is 1.78. The molecule has 174 valence electrons. The predicted octanol–water partition coefficient (Wildman–Crippen LogP) is 8.95. The molecule has 0 radical (unpaired) electrons. The third-order valence-electron chi connectivity index (χ3n) is 8.50. The molecular weight excluding hydrogens is 393 g/mol. The highest BCUT2D eigenvalue weighted by Crippen LogP contribution is 2.63. The number of benzene rings is 1. The Bertz CT molecular complexity index is 614. The molecule has 0 saturated heterocycles. The van der Waals surface area contributed by atoms with Crippen molar-refractivity contribution in [3.63, 3.8) is 0 Å². The monoisotopic (exact) mass is 441 g/mol. The SMILES string of the molecule is CC(C)(C)N(Cc1ccccc1)C(C1CCCC1)P(C1CCCCC1)C1CCCCC1. The Labute approximate surface area is 194 Å². The lowest BCUT2D eigenvalue weighted by Gasteiger charge is -2.53. The summed E-state index contributed by atoms with van der Waals surface area (Å²) in [6.45, 7) is 8.66. The van der Waals surface area contributed by atoms with Crippen molar-refractivity contribution >= 4 is 7.92 Å². The second-order valence-electron chi connectivity index (χ2n) is 11.8. The number of nitrogens with zero attached hydrogens (tertiary/aromatic N) is 1. The molecule has 0 aliphatic heterocycles. The minimum Gasteiger partial charge on any atom is -0.287 e. The lowest BCUT2D eigenvalue weighted by Crippen LogP contribution is -2.51. The van der Waals surface area contributed by atoms with E-state index >= 15 is 0 Å². The highest BCUT2D eigenvalue weighted by atomic mass is 31.1. The Morgan fingerprint density at radius 1 is 0.742 bits per heavy atom. The first-order chi connectivity index (χ1) is 15.0. The molecule has 0 bridgehead atoms. The molecule has 31 heavy (non-hydrogen) atoms. The summed E-state index contributed by atoms with van der Waals surface area (Å²) in [4.78, 5) is 3.03. The van der Waals surface area contributed by atoms with E-state index in [-0.39, 0.29) is 13.5 Å². The van der Waals surface area contributed by atoms with E-state index in [1.165, 1.54) is 95.5 Å². The topological polar surface area (TPSA) is 3.24 Å². The molecular formula is C29H48NP. The van der Waals surface area contributed by atoms with E-state index in [9.17, 15) is 0 Å². The van der Waals surface area contributed by atoms with E-state index in [1.807, 2.05) is 0 Å². The van der Waals surface area contributed by atoms with Gasteiger partial charge in [-0.15, -0.1) is 0 Å². The van der Waals surface area contributed by atoms with E-state index < -0.39 is 0 Å². The van der Waals surface area contributed by atoms with Crippen LogP contribution in [0.25, 0.3) is 0 Å². The van der Waals surface area contributed by atoms with Crippen molar-refractivity contribution < 1.29 is 0 Å². The Morgan fingerprint density at radius 3 is 1.71 bits per heavy atom. The van der Waals surface area contributed by atoms with Crippen LogP contribution in [0.3, 0.4) is 0 Å². The van der Waals surface area contributed by atoms with Gasteiger partial charge < -0.3 is 0 Å². The Hall–Kier alpha value is -0.390. The second kappa shape index (κ2) is 11.2. The third-order valence-corrected chi connectivity index (χ3v) is 12.5. The first kappa shape index (κ1) is 23.8. The van der Waals surface area contributed by atoms with Crippen molar-refractivity contribution in [2.24, 2.45) is 5.92 Å². The maximum atomic E-state index is 3.03. The fourth-order valence-corrected chi connectivity index (χ4v) is 11.8. The molecule has 1 unspecified atom stereocenters. The summed E-state index contributed by atoms with van der Waals surface area (Å²) in [6.07, 6.45) is 21.1. The molecule has 0 heterocycles. The van der Waals surface area contributed by atoms with Crippen molar-refractivity contribution in [2.75, 3.05) is 0 Å². The van der Waals surface area contributed by atoms with E-state index in [4.69, 9.17) is 0 Å². The Balaban J connectivity index is 1.71. The second-order valence-corrected chi connectivity index (χ2v) is 14.7. The van der Waals surface area contributed by atoms with Gasteiger partial charge in [0.2, 0.25) is 0 Å². The van der Waals surface area contributed by atoms with E-state index in [0.717, 1.165) is 29.6 Å². The standard InChI is InChI=1S/C29H48NP/c1-29(2,3)30(23-24-15-7-4-8-16-24)28(25-17-13-14-18-25)31(26-19-9-5-10-20-26)27-21-11-6-12-22-27/h4,7-8,15-16,25-28H,5-6,9-14,17-23H2,1-3H3. The Kier molecular flexibility index (Phi) is 8.55. The van der Waals surface area contributed by atoms with Crippen LogP contribution in [0.1, 0.15) is 116 Å². The van der Waals surface area contributed by atoms with Crippen LogP contribution in [0.5, 0.6) is 0 Å². The van der Waals surface area contributed by atoms with Gasteiger partial charge in [-0.2, -0.15) is 0 Å². The average Bonchev–Trinajstić information content (AvgIpc) is 3.32. The van der Waals surface area contributed by atoms with Gasteiger partial charge in [0.25, 0.3) is 0 Å². The number of hydrogen-bond donors (Lipinski definition) is 0. The molecule has 3 saturated carbocycles. The zero-order valence-corrected chi connectivity index (χ0v) is 21.6. The van der Waals surface area contributed by atoms with E-state index in [0.29, 0.717) is 0 Å². The molecule has 0 amide bonds. The van der Waals surface area contributed by atoms with Gasteiger partial charge in [0, 0.05) is 17.9 Å².